The van der Waals surface area contributed by atoms with Crippen molar-refractivity contribution in [2.45, 2.75) is 76.6 Å². The van der Waals surface area contributed by atoms with Gasteiger partial charge >= 0.3 is 12.1 Å². The molecule has 1 spiro atoms. The lowest BCUT2D eigenvalue weighted by molar-refractivity contribution is -0.192. The van der Waals surface area contributed by atoms with Crippen molar-refractivity contribution in [3.05, 3.63) is 76.1 Å². The third-order valence-electron chi connectivity index (χ3n) is 12.3. The zero-order valence-electron chi connectivity index (χ0n) is 33.7. The molecular weight excluding hydrogens is 806 g/mol. The first-order valence-corrected chi connectivity index (χ1v) is 21.3. The van der Waals surface area contributed by atoms with E-state index in [1.165, 1.54) is 84.3 Å². The van der Waals surface area contributed by atoms with E-state index in [1.54, 1.807) is 0 Å². The molecule has 4 aliphatic rings. The topological polar surface area (TPSA) is 127 Å². The second kappa shape index (κ2) is 19.7. The first kappa shape index (κ1) is 44.7. The molecule has 1 aromatic heterocycles. The molecule has 16 heteroatoms. The molecule has 4 fully saturated rings. The minimum atomic E-state index is -5.08. The predicted octanol–water partition coefficient (Wildman–Crippen LogP) is 7.52. The number of carboxylic acids is 1. The van der Waals surface area contributed by atoms with Gasteiger partial charge in [-0.1, -0.05) is 37.6 Å². The van der Waals surface area contributed by atoms with E-state index in [0.29, 0.717) is 34.2 Å². The number of anilines is 1. The van der Waals surface area contributed by atoms with E-state index in [2.05, 4.69) is 57.0 Å². The van der Waals surface area contributed by atoms with Gasteiger partial charge in [-0.2, -0.15) is 18.4 Å². The number of halogens is 5. The van der Waals surface area contributed by atoms with Crippen LogP contribution < -0.4 is 19.7 Å². The highest BCUT2D eigenvalue weighted by Gasteiger charge is 2.47. The van der Waals surface area contributed by atoms with Gasteiger partial charge in [0.25, 0.3) is 0 Å². The van der Waals surface area contributed by atoms with Crippen molar-refractivity contribution in [2.24, 2.45) is 11.3 Å². The van der Waals surface area contributed by atoms with Gasteiger partial charge in [-0.25, -0.2) is 14.8 Å². The lowest BCUT2D eigenvalue weighted by Gasteiger charge is -2.57. The van der Waals surface area contributed by atoms with Gasteiger partial charge in [0.2, 0.25) is 5.95 Å². The number of carboxylic acid groups (broad SMARTS) is 1. The molecule has 0 saturated carbocycles. The maximum Gasteiger partial charge on any atom is 0.490 e. The number of hydrogen-bond donors (Lipinski definition) is 2. The Kier molecular flexibility index (Phi) is 14.9. The number of carbonyl (C=O) groups is 1. The number of rotatable bonds is 12. The highest BCUT2D eigenvalue weighted by atomic mass is 35.5. The summed E-state index contributed by atoms with van der Waals surface area (Å²) in [5.74, 6) is 0.400. The van der Waals surface area contributed by atoms with E-state index >= 15 is 0 Å². The van der Waals surface area contributed by atoms with Crippen LogP contribution in [0.2, 0.25) is 5.02 Å². The molecule has 0 unspecified atom stereocenters. The number of nitrogens with one attached hydrogen (secondary N) is 1. The van der Waals surface area contributed by atoms with Crippen molar-refractivity contribution in [1.82, 2.24) is 25.1 Å². The highest BCUT2D eigenvalue weighted by Crippen LogP contribution is 2.43. The molecule has 0 radical (unpaired) electrons. The SMILES string of the molecule is CC(C)(c1ccc(OCc2ccnc(N3CCC4(CC3)CN(C3CCN(CC5CCNCC5)CC3)C4)n2)cc1)c1cc(Cl)c(OCCCl)c(C#N)c1.O=C(O)C(F)(F)F. The van der Waals surface area contributed by atoms with Crippen molar-refractivity contribution in [3.8, 4) is 17.6 Å². The number of nitriles is 1. The molecule has 59 heavy (non-hydrogen) atoms. The number of benzene rings is 2. The summed E-state index contributed by atoms with van der Waals surface area (Å²) in [6, 6.07) is 16.7. The first-order chi connectivity index (χ1) is 28.2. The average molecular weight is 861 g/mol. The molecular formula is C43H54Cl2F3N7O4. The number of alkyl halides is 4. The minimum Gasteiger partial charge on any atom is -0.489 e. The Balaban J connectivity index is 0.000000768. The van der Waals surface area contributed by atoms with Crippen molar-refractivity contribution >= 4 is 35.1 Å². The molecule has 0 amide bonds. The molecule has 0 bridgehead atoms. The number of piperidine rings is 3. The van der Waals surface area contributed by atoms with Crippen LogP contribution in [0.4, 0.5) is 19.1 Å². The zero-order valence-corrected chi connectivity index (χ0v) is 35.3. The van der Waals surface area contributed by atoms with Crippen LogP contribution in [0.1, 0.15) is 74.8 Å². The van der Waals surface area contributed by atoms with Crippen molar-refractivity contribution in [3.63, 3.8) is 0 Å². The lowest BCUT2D eigenvalue weighted by atomic mass is 9.71. The summed E-state index contributed by atoms with van der Waals surface area (Å²) in [7, 11) is 0. The summed E-state index contributed by atoms with van der Waals surface area (Å²) >= 11 is 12.3. The van der Waals surface area contributed by atoms with Gasteiger partial charge in [0.05, 0.1) is 22.2 Å². The number of ether oxygens (including phenoxy) is 2. The number of nitrogens with zero attached hydrogens (tertiary/aromatic N) is 6. The quantitative estimate of drug-likeness (QED) is 0.176. The Morgan fingerprint density at radius 3 is 2.27 bits per heavy atom. The third kappa shape index (κ3) is 11.5. The van der Waals surface area contributed by atoms with E-state index in [4.69, 9.17) is 47.6 Å². The first-order valence-electron chi connectivity index (χ1n) is 20.4. The summed E-state index contributed by atoms with van der Waals surface area (Å²) in [5.41, 5.74) is 3.32. The van der Waals surface area contributed by atoms with Crippen LogP contribution in [0.3, 0.4) is 0 Å². The number of hydrogen-bond acceptors (Lipinski definition) is 10. The molecule has 320 valence electrons. The fourth-order valence-corrected chi connectivity index (χ4v) is 9.05. The minimum absolute atomic E-state index is 0.285. The standard InChI is InChI=1S/C41H53Cl2N7O2.C2HF3O2/c1-40(2,33-23-31(25-44)38(37(43)24-33)51-22-14-42)32-3-5-36(6-4-32)52-27-34-9-17-46-39(47-34)49-20-12-41(13-21-49)28-50(29-41)35-10-18-48(19-11-35)26-30-7-15-45-16-8-30;3-2(4,5)1(6)7/h3-6,9,17,23-24,30,35,45H,7-8,10-16,18-22,26-29H2,1-2H3;(H,6,7). The maximum absolute atomic E-state index is 10.6. The molecule has 0 atom stereocenters. The smallest absolute Gasteiger partial charge is 0.489 e. The van der Waals surface area contributed by atoms with Gasteiger partial charge in [0, 0.05) is 50.4 Å². The summed E-state index contributed by atoms with van der Waals surface area (Å²) in [4.78, 5) is 26.3. The van der Waals surface area contributed by atoms with Crippen LogP contribution in [0.5, 0.6) is 11.5 Å². The van der Waals surface area contributed by atoms with Crippen LogP contribution in [0, 0.1) is 22.7 Å². The summed E-state index contributed by atoms with van der Waals surface area (Å²) < 4.78 is 43.6. The normalized spacial score (nSPS) is 19.3. The van der Waals surface area contributed by atoms with E-state index in [9.17, 15) is 18.4 Å². The number of likely N-dealkylation sites (tertiary alicyclic amines) is 2. The summed E-state index contributed by atoms with van der Waals surface area (Å²) in [6.45, 7) is 15.7. The number of aromatic nitrogens is 2. The second-order valence-electron chi connectivity index (χ2n) is 16.7. The van der Waals surface area contributed by atoms with Crippen molar-refractivity contribution in [2.75, 3.05) is 76.3 Å². The molecule has 2 N–H and O–H groups in total. The van der Waals surface area contributed by atoms with Crippen LogP contribution in [-0.2, 0) is 16.8 Å². The molecule has 4 aliphatic heterocycles. The Bertz CT molecular complexity index is 1900. The van der Waals surface area contributed by atoms with E-state index < -0.39 is 17.6 Å². The van der Waals surface area contributed by atoms with E-state index in [1.807, 2.05) is 36.5 Å². The fraction of sp³-hybridized carbons (Fsp3) is 0.581. The Hall–Kier alpha value is -3.87. The van der Waals surface area contributed by atoms with Gasteiger partial charge in [-0.15, -0.1) is 11.6 Å². The second-order valence-corrected chi connectivity index (χ2v) is 17.5. The zero-order chi connectivity index (χ0) is 42.2. The maximum atomic E-state index is 10.6. The van der Waals surface area contributed by atoms with E-state index in [-0.39, 0.29) is 6.61 Å². The largest absolute Gasteiger partial charge is 0.490 e. The molecule has 11 nitrogen and oxygen atoms in total. The Morgan fingerprint density at radius 1 is 1.00 bits per heavy atom. The summed E-state index contributed by atoms with van der Waals surface area (Å²) in [6.07, 6.45) is 4.54. The molecule has 3 aromatic rings. The molecule has 4 saturated heterocycles. The van der Waals surface area contributed by atoms with Gasteiger partial charge < -0.3 is 29.7 Å². The fourth-order valence-electron chi connectivity index (χ4n) is 8.70. The molecule has 2 aromatic carbocycles. The van der Waals surface area contributed by atoms with Gasteiger partial charge in [0.1, 0.15) is 25.0 Å². The average Bonchev–Trinajstić information content (AvgIpc) is 3.22. The Labute approximate surface area is 354 Å². The Morgan fingerprint density at radius 2 is 1.66 bits per heavy atom. The van der Waals surface area contributed by atoms with Gasteiger partial charge in [-0.3, -0.25) is 4.90 Å². The van der Waals surface area contributed by atoms with Gasteiger partial charge in [0.15, 0.2) is 5.75 Å². The van der Waals surface area contributed by atoms with Gasteiger partial charge in [-0.05, 0) is 117 Å². The predicted molar refractivity (Wildman–Crippen MR) is 222 cm³/mol. The summed E-state index contributed by atoms with van der Waals surface area (Å²) in [5, 5.41) is 20.8. The number of aliphatic carboxylic acids is 1. The molecule has 7 rings (SSSR count). The van der Waals surface area contributed by atoms with Crippen LogP contribution in [-0.4, -0.2) is 114 Å². The van der Waals surface area contributed by atoms with Crippen molar-refractivity contribution in [1.29, 1.82) is 5.26 Å². The van der Waals surface area contributed by atoms with Crippen LogP contribution >= 0.6 is 23.2 Å². The third-order valence-corrected chi connectivity index (χ3v) is 12.8. The van der Waals surface area contributed by atoms with Crippen LogP contribution in [0.15, 0.2) is 48.7 Å². The van der Waals surface area contributed by atoms with Crippen LogP contribution in [0.25, 0.3) is 0 Å². The van der Waals surface area contributed by atoms with Crippen molar-refractivity contribution < 1.29 is 32.5 Å². The monoisotopic (exact) mass is 859 g/mol. The lowest BCUT2D eigenvalue weighted by Crippen LogP contribution is -2.64. The molecule has 0 aliphatic carbocycles. The highest BCUT2D eigenvalue weighted by molar-refractivity contribution is 6.32. The molecule has 5 heterocycles. The van der Waals surface area contributed by atoms with E-state index in [0.717, 1.165) is 53.6 Å².